The second-order valence-electron chi connectivity index (χ2n) is 7.01. The van der Waals surface area contributed by atoms with Gasteiger partial charge in [0.15, 0.2) is 5.69 Å². The van der Waals surface area contributed by atoms with Crippen molar-refractivity contribution in [3.63, 3.8) is 0 Å². The minimum atomic E-state index is -5.42. The van der Waals surface area contributed by atoms with E-state index in [1.54, 1.807) is 24.3 Å². The standard InChI is InChI=1S/C19H13IN6O10S2.2Na/c20-11-1-3-12(4-2-11)21-23-19(15-7-6-14(37(31,32)33)10-18(15)38(34,35)36)24-22-16-8-5-13(25(27)28)9-17(16)26(29)30;;/h1-10,21H,(H,31,32,33)(H,34,35,36);;/q;2*+1/p-2/b23-19+,24-22?;;. The fourth-order valence-electron chi connectivity index (χ4n) is 2.79. The number of nitro groups is 2. The second-order valence-corrected chi connectivity index (χ2v) is 11.0. The van der Waals surface area contributed by atoms with Gasteiger partial charge in [-0.15, -0.1) is 10.2 Å². The van der Waals surface area contributed by atoms with Crippen LogP contribution in [0.25, 0.3) is 0 Å². The van der Waals surface area contributed by atoms with Gasteiger partial charge in [0.1, 0.15) is 20.2 Å². The summed E-state index contributed by atoms with van der Waals surface area (Å²) >= 11 is 2.03. The zero-order chi connectivity index (χ0) is 28.3. The first kappa shape index (κ1) is 36.1. The van der Waals surface area contributed by atoms with Gasteiger partial charge in [0.2, 0.25) is 5.84 Å². The van der Waals surface area contributed by atoms with E-state index in [1.165, 1.54) is 0 Å². The smallest absolute Gasteiger partial charge is 0.744 e. The first-order valence-corrected chi connectivity index (χ1v) is 13.6. The molecule has 0 aliphatic heterocycles. The van der Waals surface area contributed by atoms with Gasteiger partial charge >= 0.3 is 64.8 Å². The largest absolute Gasteiger partial charge is 1.00 e. The normalized spacial score (nSPS) is 11.8. The van der Waals surface area contributed by atoms with Gasteiger partial charge in [-0.1, -0.05) is 0 Å². The van der Waals surface area contributed by atoms with Crippen LogP contribution in [0.1, 0.15) is 5.56 Å². The average molecular weight is 720 g/mol. The third-order valence-corrected chi connectivity index (χ3v) is 6.93. The van der Waals surface area contributed by atoms with Crippen LogP contribution >= 0.6 is 22.6 Å². The Kier molecular flexibility index (Phi) is 13.4. The molecule has 3 rings (SSSR count). The van der Waals surface area contributed by atoms with Crippen molar-refractivity contribution in [1.29, 1.82) is 0 Å². The minimum absolute atomic E-state index is 0. The molecule has 198 valence electrons. The number of amidine groups is 1. The van der Waals surface area contributed by atoms with Crippen molar-refractivity contribution in [2.24, 2.45) is 15.3 Å². The van der Waals surface area contributed by atoms with Crippen molar-refractivity contribution < 1.29 is 94.9 Å². The van der Waals surface area contributed by atoms with Gasteiger partial charge in [-0.05, 0) is 71.1 Å². The summed E-state index contributed by atoms with van der Waals surface area (Å²) in [6.45, 7) is 0. The van der Waals surface area contributed by atoms with Crippen molar-refractivity contribution in [3.05, 3.63) is 90.0 Å². The van der Waals surface area contributed by atoms with E-state index < -0.39 is 68.3 Å². The SMILES string of the molecule is O=[N+]([O-])c1ccc(N=N/C(=N/Nc2ccc(I)cc2)c2ccc(S(=O)(=O)[O-])cc2S(=O)(=O)[O-])c([N+](=O)[O-])c1.[Na+].[Na+]. The van der Waals surface area contributed by atoms with Crippen LogP contribution in [-0.4, -0.2) is 41.6 Å². The molecule has 0 fully saturated rings. The van der Waals surface area contributed by atoms with E-state index in [4.69, 9.17) is 0 Å². The topological polar surface area (TPSA) is 250 Å². The van der Waals surface area contributed by atoms with E-state index in [2.05, 4.69) is 20.8 Å². The number of hydrogen-bond donors (Lipinski definition) is 1. The predicted octanol–water partition coefficient (Wildman–Crippen LogP) is -2.52. The van der Waals surface area contributed by atoms with Crippen LogP contribution in [0.2, 0.25) is 0 Å². The maximum Gasteiger partial charge on any atom is 1.00 e. The Labute approximate surface area is 283 Å². The maximum absolute atomic E-state index is 11.9. The van der Waals surface area contributed by atoms with Gasteiger partial charge < -0.3 is 9.11 Å². The van der Waals surface area contributed by atoms with Crippen LogP contribution in [0.5, 0.6) is 0 Å². The van der Waals surface area contributed by atoms with Crippen molar-refractivity contribution in [1.82, 2.24) is 0 Å². The summed E-state index contributed by atoms with van der Waals surface area (Å²) in [6, 6.07) is 10.7. The van der Waals surface area contributed by atoms with Crippen molar-refractivity contribution >= 4 is 71.4 Å². The molecule has 0 atom stereocenters. The molecule has 1 N–H and O–H groups in total. The van der Waals surface area contributed by atoms with Crippen molar-refractivity contribution in [2.45, 2.75) is 9.79 Å². The van der Waals surface area contributed by atoms with Crippen molar-refractivity contribution in [2.75, 3.05) is 5.43 Å². The van der Waals surface area contributed by atoms with E-state index in [0.29, 0.717) is 23.9 Å². The van der Waals surface area contributed by atoms with E-state index in [1.807, 2.05) is 22.6 Å². The molecule has 0 radical (unpaired) electrons. The molecule has 21 heteroatoms. The third-order valence-electron chi connectivity index (χ3n) is 4.51. The van der Waals surface area contributed by atoms with Crippen LogP contribution in [0.4, 0.5) is 22.7 Å². The number of nitro benzene ring substituents is 2. The van der Waals surface area contributed by atoms with Gasteiger partial charge in [0, 0.05) is 15.2 Å². The first-order chi connectivity index (χ1) is 17.7. The van der Waals surface area contributed by atoms with Gasteiger partial charge in [-0.25, -0.2) is 16.8 Å². The molecule has 0 bridgehead atoms. The summed E-state index contributed by atoms with van der Waals surface area (Å²) < 4.78 is 70.7. The summed E-state index contributed by atoms with van der Waals surface area (Å²) in [7, 11) is -10.6. The molecular formula is C19H11IN6Na2O10S2. The van der Waals surface area contributed by atoms with Crippen molar-refractivity contribution in [3.8, 4) is 0 Å². The van der Waals surface area contributed by atoms with Gasteiger partial charge in [0.25, 0.3) is 5.69 Å². The molecule has 0 aliphatic rings. The van der Waals surface area contributed by atoms with Crippen LogP contribution in [0.3, 0.4) is 0 Å². The molecule has 40 heavy (non-hydrogen) atoms. The molecule has 0 heterocycles. The number of rotatable bonds is 8. The van der Waals surface area contributed by atoms with E-state index in [-0.39, 0.29) is 59.1 Å². The summed E-state index contributed by atoms with van der Waals surface area (Å²) in [4.78, 5) is 18.3. The molecule has 0 amide bonds. The fourth-order valence-corrected chi connectivity index (χ4v) is 4.42. The van der Waals surface area contributed by atoms with Gasteiger partial charge in [-0.3, -0.25) is 25.7 Å². The van der Waals surface area contributed by atoms with Crippen LogP contribution in [0.15, 0.2) is 85.8 Å². The zero-order valence-corrected chi connectivity index (χ0v) is 28.1. The minimum Gasteiger partial charge on any atom is -0.744 e. The molecule has 0 unspecified atom stereocenters. The molecule has 0 spiro atoms. The Bertz CT molecular complexity index is 1720. The quantitative estimate of drug-likeness (QED) is 0.0372. The molecular weight excluding hydrogens is 709 g/mol. The Morgan fingerprint density at radius 3 is 1.98 bits per heavy atom. The molecule has 0 saturated carbocycles. The number of nitrogens with zero attached hydrogens (tertiary/aromatic N) is 5. The van der Waals surface area contributed by atoms with E-state index in [9.17, 15) is 46.2 Å². The molecule has 3 aromatic rings. The van der Waals surface area contributed by atoms with E-state index in [0.717, 1.165) is 21.8 Å². The second kappa shape index (κ2) is 14.8. The Hall–Kier alpha value is -1.92. The molecule has 0 saturated heterocycles. The zero-order valence-electron chi connectivity index (χ0n) is 20.3. The first-order valence-electron chi connectivity index (χ1n) is 9.67. The van der Waals surface area contributed by atoms with Crippen LogP contribution in [-0.2, 0) is 20.2 Å². The Morgan fingerprint density at radius 1 is 0.825 bits per heavy atom. The Morgan fingerprint density at radius 2 is 1.45 bits per heavy atom. The average Bonchev–Trinajstić information content (AvgIpc) is 2.83. The Balaban J connectivity index is 0.00000400. The number of hydrogen-bond acceptors (Lipinski definition) is 13. The predicted molar refractivity (Wildman–Crippen MR) is 136 cm³/mol. The molecule has 3 aromatic carbocycles. The monoisotopic (exact) mass is 720 g/mol. The van der Waals surface area contributed by atoms with Gasteiger partial charge in [-0.2, -0.15) is 5.10 Å². The van der Waals surface area contributed by atoms with Crippen LogP contribution in [0, 0.1) is 23.8 Å². The fraction of sp³-hybridized carbons (Fsp3) is 0. The number of anilines is 1. The number of benzene rings is 3. The van der Waals surface area contributed by atoms with Crippen LogP contribution < -0.4 is 64.5 Å². The number of azo groups is 1. The van der Waals surface area contributed by atoms with Gasteiger partial charge in [0.05, 0.1) is 31.4 Å². The number of hydrazone groups is 1. The number of non-ortho nitro benzene ring substituents is 1. The number of nitrogens with one attached hydrogen (secondary N) is 1. The molecule has 0 aliphatic carbocycles. The summed E-state index contributed by atoms with van der Waals surface area (Å²) in [5.74, 6) is -0.666. The summed E-state index contributed by atoms with van der Waals surface area (Å²) in [5.41, 5.74) is 0.349. The van der Waals surface area contributed by atoms with E-state index >= 15 is 0 Å². The maximum atomic E-state index is 11.9. The molecule has 16 nitrogen and oxygen atoms in total. The summed E-state index contributed by atoms with van der Waals surface area (Å²) in [6.07, 6.45) is 0. The number of halogens is 1. The summed E-state index contributed by atoms with van der Waals surface area (Å²) in [5, 5.41) is 33.6. The third kappa shape index (κ3) is 9.58. The molecule has 0 aromatic heterocycles.